The van der Waals surface area contributed by atoms with Gasteiger partial charge in [0.05, 0.1) is 5.38 Å². The fourth-order valence-corrected chi connectivity index (χ4v) is 7.13. The lowest BCUT2D eigenvalue weighted by atomic mass is 10.1. The second-order valence-corrected chi connectivity index (χ2v) is 9.33. The van der Waals surface area contributed by atoms with E-state index in [1.54, 1.807) is 0 Å². The van der Waals surface area contributed by atoms with Crippen LogP contribution in [0.3, 0.4) is 0 Å². The molecule has 1 aliphatic rings. The van der Waals surface area contributed by atoms with Gasteiger partial charge in [-0.15, -0.1) is 11.6 Å². The second kappa shape index (κ2) is 4.53. The molecule has 0 N–H and O–H groups in total. The largest absolute Gasteiger partial charge is 0.258 e. The lowest BCUT2D eigenvalue weighted by Gasteiger charge is -2.31. The molecule has 0 spiro atoms. The van der Waals surface area contributed by atoms with Gasteiger partial charge in [-0.25, -0.2) is 21.2 Å². The van der Waals surface area contributed by atoms with Crippen molar-refractivity contribution in [1.29, 1.82) is 0 Å². The molecular weight excluding hydrogens is 314 g/mol. The van der Waals surface area contributed by atoms with Crippen LogP contribution in [0.4, 0.5) is 4.39 Å². The van der Waals surface area contributed by atoms with Gasteiger partial charge in [-0.1, -0.05) is 6.92 Å². The number of sulfone groups is 1. The van der Waals surface area contributed by atoms with E-state index in [0.717, 1.165) is 6.08 Å². The summed E-state index contributed by atoms with van der Waals surface area (Å²) in [6.07, 6.45) is 2.11. The van der Waals surface area contributed by atoms with Crippen molar-refractivity contribution in [2.75, 3.05) is 5.75 Å². The van der Waals surface area contributed by atoms with E-state index in [0.29, 0.717) is 12.2 Å². The first-order chi connectivity index (χ1) is 7.58. The summed E-state index contributed by atoms with van der Waals surface area (Å²) in [5.41, 5.74) is 0. The third-order valence-electron chi connectivity index (χ3n) is 2.41. The first-order valence-electron chi connectivity index (χ1n) is 4.45. The summed E-state index contributed by atoms with van der Waals surface area (Å²) in [5.74, 6) is -1.30. The molecule has 0 amide bonds. The van der Waals surface area contributed by atoms with Crippen LogP contribution < -0.4 is 0 Å². The SMILES string of the molecule is CCS(=O)(=O)C1(S(=O)(=O)Cl)C=CC(F)=CC1Cl. The third-order valence-corrected chi connectivity index (χ3v) is 8.88. The van der Waals surface area contributed by atoms with Gasteiger partial charge in [0.2, 0.25) is 4.08 Å². The average Bonchev–Trinajstić information content (AvgIpc) is 2.15. The summed E-state index contributed by atoms with van der Waals surface area (Å²) >= 11 is 5.67. The molecule has 0 aliphatic heterocycles. The molecule has 0 aromatic heterocycles. The molecular formula is C8H9Cl2FO4S2. The summed E-state index contributed by atoms with van der Waals surface area (Å²) in [4.78, 5) is 0. The Balaban J connectivity index is 3.63. The van der Waals surface area contributed by atoms with Crippen LogP contribution in [0.15, 0.2) is 24.1 Å². The molecule has 0 fully saturated rings. The maximum Gasteiger partial charge on any atom is 0.258 e. The topological polar surface area (TPSA) is 68.3 Å². The zero-order chi connectivity index (χ0) is 13.5. The van der Waals surface area contributed by atoms with Gasteiger partial charge in [0.15, 0.2) is 9.84 Å². The third kappa shape index (κ3) is 2.25. The van der Waals surface area contributed by atoms with Gasteiger partial charge in [-0.2, -0.15) is 0 Å². The first-order valence-corrected chi connectivity index (χ1v) is 8.85. The van der Waals surface area contributed by atoms with Gasteiger partial charge >= 0.3 is 0 Å². The number of allylic oxidation sites excluding steroid dienone is 3. The maximum absolute atomic E-state index is 12.9. The molecule has 0 aromatic carbocycles. The minimum Gasteiger partial charge on any atom is -0.227 e. The number of alkyl halides is 1. The Morgan fingerprint density at radius 2 is 1.94 bits per heavy atom. The van der Waals surface area contributed by atoms with Crippen molar-refractivity contribution in [3.05, 3.63) is 24.1 Å². The predicted molar refractivity (Wildman–Crippen MR) is 64.9 cm³/mol. The molecule has 1 rings (SSSR count). The summed E-state index contributed by atoms with van der Waals surface area (Å²) in [6.45, 7) is 1.26. The fraction of sp³-hybridized carbons (Fsp3) is 0.500. The molecule has 4 nitrogen and oxygen atoms in total. The lowest BCUT2D eigenvalue weighted by molar-refractivity contribution is 0.563. The highest BCUT2D eigenvalue weighted by molar-refractivity contribution is 8.23. The van der Waals surface area contributed by atoms with Gasteiger partial charge in [-0.05, 0) is 18.2 Å². The molecule has 0 radical (unpaired) electrons. The minimum absolute atomic E-state index is 0.484. The molecule has 9 heteroatoms. The molecule has 0 bridgehead atoms. The Hall–Kier alpha value is -0.110. The molecule has 0 heterocycles. The van der Waals surface area contributed by atoms with Crippen molar-refractivity contribution in [1.82, 2.24) is 0 Å². The van der Waals surface area contributed by atoms with Crippen LogP contribution in [0.25, 0.3) is 0 Å². The first kappa shape index (κ1) is 14.9. The molecule has 17 heavy (non-hydrogen) atoms. The smallest absolute Gasteiger partial charge is 0.227 e. The molecule has 1 aliphatic carbocycles. The molecule has 2 atom stereocenters. The van der Waals surface area contributed by atoms with E-state index in [1.807, 2.05) is 0 Å². The molecule has 0 saturated carbocycles. The standard InChI is InChI=1S/C8H9Cl2FO4S2/c1-2-16(12,13)8(17(10,14)15)4-3-6(11)5-7(8)9/h3-5,7H,2H2,1H3. The van der Waals surface area contributed by atoms with E-state index in [4.69, 9.17) is 22.3 Å². The Kier molecular flexibility index (Phi) is 3.98. The highest BCUT2D eigenvalue weighted by Crippen LogP contribution is 2.40. The maximum atomic E-state index is 12.9. The fourth-order valence-electron chi connectivity index (χ4n) is 1.47. The number of hydrogen-bond acceptors (Lipinski definition) is 4. The second-order valence-electron chi connectivity index (χ2n) is 3.35. The summed E-state index contributed by atoms with van der Waals surface area (Å²) in [6, 6.07) is 0. The van der Waals surface area contributed by atoms with Crippen LogP contribution in [0.5, 0.6) is 0 Å². The average molecular weight is 323 g/mol. The molecule has 98 valence electrons. The summed E-state index contributed by atoms with van der Waals surface area (Å²) < 4.78 is 57.2. The van der Waals surface area contributed by atoms with E-state index in [9.17, 15) is 21.2 Å². The monoisotopic (exact) mass is 322 g/mol. The van der Waals surface area contributed by atoms with Crippen LogP contribution >= 0.6 is 22.3 Å². The van der Waals surface area contributed by atoms with E-state index in [2.05, 4.69) is 0 Å². The summed E-state index contributed by atoms with van der Waals surface area (Å²) in [7, 11) is -3.56. The molecule has 0 aromatic rings. The van der Waals surface area contributed by atoms with Crippen molar-refractivity contribution < 1.29 is 21.2 Å². The van der Waals surface area contributed by atoms with E-state index < -0.39 is 39.9 Å². The van der Waals surface area contributed by atoms with Crippen molar-refractivity contribution >= 4 is 41.2 Å². The highest BCUT2D eigenvalue weighted by Gasteiger charge is 2.57. The quantitative estimate of drug-likeness (QED) is 0.586. The minimum atomic E-state index is -4.58. The normalized spacial score (nSPS) is 30.1. The van der Waals surface area contributed by atoms with E-state index in [-0.39, 0.29) is 0 Å². The number of halogens is 3. The molecule has 2 unspecified atom stereocenters. The number of rotatable bonds is 3. The Labute approximate surface area is 108 Å². The van der Waals surface area contributed by atoms with E-state index in [1.165, 1.54) is 6.92 Å². The zero-order valence-corrected chi connectivity index (χ0v) is 11.7. The van der Waals surface area contributed by atoms with Crippen LogP contribution in [0.1, 0.15) is 6.92 Å². The number of hydrogen-bond donors (Lipinski definition) is 0. The van der Waals surface area contributed by atoms with Gasteiger partial charge in [-0.3, -0.25) is 0 Å². The Bertz CT molecular complexity index is 579. The van der Waals surface area contributed by atoms with Gasteiger partial charge in [0, 0.05) is 16.4 Å². The van der Waals surface area contributed by atoms with Crippen LogP contribution in [0.2, 0.25) is 0 Å². The predicted octanol–water partition coefficient (Wildman–Crippen LogP) is 1.72. The van der Waals surface area contributed by atoms with Crippen LogP contribution in [-0.2, 0) is 18.9 Å². The van der Waals surface area contributed by atoms with Crippen LogP contribution in [-0.4, -0.2) is 32.0 Å². The van der Waals surface area contributed by atoms with Crippen molar-refractivity contribution in [3.63, 3.8) is 0 Å². The zero-order valence-electron chi connectivity index (χ0n) is 8.60. The summed E-state index contributed by atoms with van der Waals surface area (Å²) in [5, 5.41) is -1.61. The van der Waals surface area contributed by atoms with Gasteiger partial charge in [0.25, 0.3) is 9.05 Å². The van der Waals surface area contributed by atoms with E-state index >= 15 is 0 Å². The lowest BCUT2D eigenvalue weighted by Crippen LogP contribution is -2.51. The van der Waals surface area contributed by atoms with Crippen molar-refractivity contribution in [3.8, 4) is 0 Å². The highest BCUT2D eigenvalue weighted by atomic mass is 35.7. The van der Waals surface area contributed by atoms with Gasteiger partial charge < -0.3 is 0 Å². The van der Waals surface area contributed by atoms with Gasteiger partial charge in [0.1, 0.15) is 5.83 Å². The van der Waals surface area contributed by atoms with Crippen molar-refractivity contribution in [2.24, 2.45) is 0 Å². The van der Waals surface area contributed by atoms with Crippen LogP contribution in [0, 0.1) is 0 Å². The Morgan fingerprint density at radius 1 is 1.41 bits per heavy atom. The Morgan fingerprint density at radius 3 is 2.29 bits per heavy atom. The molecule has 0 saturated heterocycles. The van der Waals surface area contributed by atoms with Crippen molar-refractivity contribution in [2.45, 2.75) is 16.4 Å².